The van der Waals surface area contributed by atoms with Gasteiger partial charge in [-0.2, -0.15) is 9.13 Å². The molecule has 0 aliphatic carbocycles. The third-order valence-electron chi connectivity index (χ3n) is 4.84. The van der Waals surface area contributed by atoms with Crippen molar-refractivity contribution < 1.29 is 9.30 Å². The average molecular weight is 349 g/mol. The summed E-state index contributed by atoms with van der Waals surface area (Å²) in [5.41, 5.74) is 8.66. The van der Waals surface area contributed by atoms with Crippen molar-refractivity contribution in [3.63, 3.8) is 0 Å². The van der Waals surface area contributed by atoms with E-state index >= 15 is 0 Å². The summed E-state index contributed by atoms with van der Waals surface area (Å²) in [4.78, 5) is 0. The van der Waals surface area contributed by atoms with Crippen molar-refractivity contribution in [1.82, 2.24) is 4.57 Å². The van der Waals surface area contributed by atoms with E-state index in [0.29, 0.717) is 0 Å². The zero-order valence-corrected chi connectivity index (χ0v) is 16.9. The number of hydrogen-bond acceptors (Lipinski definition) is 1. The van der Waals surface area contributed by atoms with Gasteiger partial charge in [0.05, 0.1) is 6.10 Å². The summed E-state index contributed by atoms with van der Waals surface area (Å²) in [5, 5.41) is 0. The normalized spacial score (nSPS) is 11.2. The van der Waals surface area contributed by atoms with Gasteiger partial charge in [-0.15, -0.1) is 0 Å². The second-order valence-corrected chi connectivity index (χ2v) is 7.41. The number of para-hydroxylation sites is 2. The smallest absolute Gasteiger partial charge is 0.254 e. The van der Waals surface area contributed by atoms with Gasteiger partial charge in [0.1, 0.15) is 17.1 Å². The molecule has 1 heterocycles. The maximum Gasteiger partial charge on any atom is 0.254 e. The lowest BCUT2D eigenvalue weighted by atomic mass is 10.0. The minimum Gasteiger partial charge on any atom is -0.487 e. The first-order valence-corrected chi connectivity index (χ1v) is 9.24. The van der Waals surface area contributed by atoms with Crippen LogP contribution >= 0.6 is 0 Å². The summed E-state index contributed by atoms with van der Waals surface area (Å²) < 4.78 is 10.6. The fourth-order valence-corrected chi connectivity index (χ4v) is 3.67. The number of imidazole rings is 1. The van der Waals surface area contributed by atoms with Crippen molar-refractivity contribution in [2.24, 2.45) is 0 Å². The highest BCUT2D eigenvalue weighted by Crippen LogP contribution is 2.26. The fraction of sp³-hybridized carbons (Fsp3) is 0.348. The molecule has 0 radical (unpaired) electrons. The van der Waals surface area contributed by atoms with Crippen molar-refractivity contribution in [3.8, 4) is 17.1 Å². The number of aryl methyl sites for hydroxylation is 3. The third-order valence-corrected chi connectivity index (χ3v) is 4.84. The summed E-state index contributed by atoms with van der Waals surface area (Å²) in [7, 11) is 0. The van der Waals surface area contributed by atoms with Crippen LogP contribution in [0.25, 0.3) is 11.4 Å². The number of benzene rings is 2. The average Bonchev–Trinajstić information content (AvgIpc) is 2.83. The summed E-state index contributed by atoms with van der Waals surface area (Å²) >= 11 is 0. The molecule has 3 rings (SSSR count). The Bertz CT molecular complexity index is 928. The maximum absolute atomic E-state index is 6.04. The van der Waals surface area contributed by atoms with Crippen molar-refractivity contribution in [3.05, 3.63) is 70.8 Å². The Labute approximate surface area is 156 Å². The summed E-state index contributed by atoms with van der Waals surface area (Å²) in [5.74, 6) is 0.908. The van der Waals surface area contributed by atoms with E-state index in [9.17, 15) is 0 Å². The second-order valence-electron chi connectivity index (χ2n) is 7.41. The predicted molar refractivity (Wildman–Crippen MR) is 107 cm³/mol. The molecule has 0 N–H and O–H groups in total. The Morgan fingerprint density at radius 3 is 2.15 bits per heavy atom. The first kappa shape index (κ1) is 18.2. The van der Waals surface area contributed by atoms with E-state index < -0.39 is 0 Å². The molecular weight excluding hydrogens is 320 g/mol. The number of nitrogens with zero attached hydrogens (tertiary/aromatic N) is 2. The molecule has 136 valence electrons. The molecule has 0 spiro atoms. The van der Waals surface area contributed by atoms with Crippen LogP contribution in [-0.2, 0) is 0 Å². The highest BCUT2D eigenvalue weighted by molar-refractivity contribution is 5.48. The first-order chi connectivity index (χ1) is 12.3. The highest BCUT2D eigenvalue weighted by atomic mass is 16.5. The van der Waals surface area contributed by atoms with Crippen LogP contribution in [0, 0.1) is 34.6 Å². The molecule has 0 atom stereocenters. The summed E-state index contributed by atoms with van der Waals surface area (Å²) in [6.45, 7) is 15.0. The van der Waals surface area contributed by atoms with E-state index in [4.69, 9.17) is 4.74 Å². The topological polar surface area (TPSA) is 18.0 Å². The van der Waals surface area contributed by atoms with Crippen molar-refractivity contribution in [2.75, 3.05) is 0 Å². The van der Waals surface area contributed by atoms with Crippen LogP contribution in [0.4, 0.5) is 0 Å². The van der Waals surface area contributed by atoms with E-state index in [0.717, 1.165) is 11.4 Å². The third kappa shape index (κ3) is 3.26. The van der Waals surface area contributed by atoms with Gasteiger partial charge in [0.15, 0.2) is 11.4 Å². The zero-order chi connectivity index (χ0) is 19.0. The molecular formula is C23H29N2O+. The van der Waals surface area contributed by atoms with E-state index in [2.05, 4.69) is 88.2 Å². The minimum atomic E-state index is 0.141. The van der Waals surface area contributed by atoms with Crippen molar-refractivity contribution >= 4 is 0 Å². The molecule has 1 aromatic heterocycles. The van der Waals surface area contributed by atoms with Gasteiger partial charge in [0.2, 0.25) is 0 Å². The Kier molecular flexibility index (Phi) is 4.90. The van der Waals surface area contributed by atoms with Gasteiger partial charge >= 0.3 is 0 Å². The Balaban J connectivity index is 2.19. The quantitative estimate of drug-likeness (QED) is 0.601. The lowest BCUT2D eigenvalue weighted by Gasteiger charge is -2.12. The molecule has 0 unspecified atom stereocenters. The van der Waals surface area contributed by atoms with Crippen molar-refractivity contribution in [2.45, 2.75) is 54.6 Å². The van der Waals surface area contributed by atoms with E-state index in [1.807, 2.05) is 12.1 Å². The second kappa shape index (κ2) is 6.99. The standard InChI is InChI=1S/C23H29N2O/c1-15(2)26-22-11-9-8-10-21(22)24-14-25(20(7)19(24)6)23-17(4)12-16(3)13-18(23)5/h8-15H,1-7H3/q+1. The largest absolute Gasteiger partial charge is 0.487 e. The highest BCUT2D eigenvalue weighted by Gasteiger charge is 2.24. The Morgan fingerprint density at radius 2 is 1.54 bits per heavy atom. The van der Waals surface area contributed by atoms with Gasteiger partial charge in [-0.1, -0.05) is 29.8 Å². The Morgan fingerprint density at radius 1 is 0.923 bits per heavy atom. The molecule has 0 aliphatic rings. The number of hydrogen-bond donors (Lipinski definition) is 0. The Hall–Kier alpha value is -2.55. The molecule has 0 aliphatic heterocycles. The van der Waals surface area contributed by atoms with Gasteiger partial charge < -0.3 is 4.74 Å². The lowest BCUT2D eigenvalue weighted by Crippen LogP contribution is -2.33. The number of rotatable bonds is 4. The van der Waals surface area contributed by atoms with Crippen LogP contribution in [0.1, 0.15) is 41.9 Å². The molecule has 3 heteroatoms. The van der Waals surface area contributed by atoms with Crippen LogP contribution in [-0.4, -0.2) is 10.7 Å². The van der Waals surface area contributed by atoms with Gasteiger partial charge in [0, 0.05) is 13.8 Å². The van der Waals surface area contributed by atoms with E-state index in [-0.39, 0.29) is 6.10 Å². The molecule has 0 saturated heterocycles. The van der Waals surface area contributed by atoms with Gasteiger partial charge in [-0.05, 0) is 57.9 Å². The lowest BCUT2D eigenvalue weighted by molar-refractivity contribution is -0.602. The van der Waals surface area contributed by atoms with Gasteiger partial charge in [-0.25, -0.2) is 0 Å². The fourth-order valence-electron chi connectivity index (χ4n) is 3.67. The molecule has 0 bridgehead atoms. The molecule has 0 fully saturated rings. The zero-order valence-electron chi connectivity index (χ0n) is 16.9. The minimum absolute atomic E-state index is 0.141. The first-order valence-electron chi connectivity index (χ1n) is 9.24. The maximum atomic E-state index is 6.04. The van der Waals surface area contributed by atoms with Crippen LogP contribution in [0.5, 0.6) is 5.75 Å². The van der Waals surface area contributed by atoms with Gasteiger partial charge in [0.25, 0.3) is 6.33 Å². The molecule has 2 aromatic carbocycles. The number of aromatic nitrogens is 2. The molecule has 0 saturated carbocycles. The van der Waals surface area contributed by atoms with Crippen molar-refractivity contribution in [1.29, 1.82) is 0 Å². The predicted octanol–water partition coefficient (Wildman–Crippen LogP) is 5.08. The summed E-state index contributed by atoms with van der Waals surface area (Å²) in [6.07, 6.45) is 2.32. The van der Waals surface area contributed by atoms with E-state index in [1.165, 1.54) is 33.8 Å². The van der Waals surface area contributed by atoms with Crippen LogP contribution in [0.15, 0.2) is 42.7 Å². The number of ether oxygens (including phenoxy) is 1. The van der Waals surface area contributed by atoms with Crippen LogP contribution in [0.2, 0.25) is 0 Å². The van der Waals surface area contributed by atoms with Crippen LogP contribution < -0.4 is 9.30 Å². The molecule has 3 nitrogen and oxygen atoms in total. The van der Waals surface area contributed by atoms with Crippen LogP contribution in [0.3, 0.4) is 0 Å². The molecule has 26 heavy (non-hydrogen) atoms. The van der Waals surface area contributed by atoms with E-state index in [1.54, 1.807) is 0 Å². The van der Waals surface area contributed by atoms with Gasteiger partial charge in [-0.3, -0.25) is 0 Å². The molecule has 3 aromatic rings. The monoisotopic (exact) mass is 349 g/mol. The summed E-state index contributed by atoms with van der Waals surface area (Å²) in [6, 6.07) is 12.7. The molecule has 0 amide bonds. The SMILES string of the molecule is Cc1cc(C)c(-[n+]2cn(-c3ccccc3OC(C)C)c(C)c2C)c(C)c1.